The van der Waals surface area contributed by atoms with E-state index < -0.39 is 17.2 Å². The van der Waals surface area contributed by atoms with Crippen molar-refractivity contribution in [2.24, 2.45) is 5.73 Å². The first-order valence-electron chi connectivity index (χ1n) is 4.60. The van der Waals surface area contributed by atoms with Gasteiger partial charge in [-0.2, -0.15) is 4.39 Å². The van der Waals surface area contributed by atoms with Crippen molar-refractivity contribution in [3.05, 3.63) is 29.3 Å². The van der Waals surface area contributed by atoms with E-state index in [-0.39, 0.29) is 11.3 Å². The molecule has 0 aromatic heterocycles. The van der Waals surface area contributed by atoms with Gasteiger partial charge < -0.3 is 15.8 Å². The van der Waals surface area contributed by atoms with Crippen LogP contribution in [0.3, 0.4) is 0 Å². The average molecular weight is 214 g/mol. The highest BCUT2D eigenvalue weighted by molar-refractivity contribution is 5.36. The third-order valence-electron chi connectivity index (χ3n) is 2.68. The largest absolute Gasteiger partial charge is 0.494 e. The number of hydrogen-bond acceptors (Lipinski definition) is 3. The fourth-order valence-corrected chi connectivity index (χ4v) is 1.66. The van der Waals surface area contributed by atoms with Crippen LogP contribution in [-0.4, -0.2) is 20.2 Å². The lowest BCUT2D eigenvalue weighted by molar-refractivity contribution is 0.271. The summed E-state index contributed by atoms with van der Waals surface area (Å²) in [7, 11) is 1.29. The number of ether oxygens (including phenoxy) is 1. The number of nitrogens with two attached hydrogens (primary N) is 1. The van der Waals surface area contributed by atoms with Crippen LogP contribution < -0.4 is 15.8 Å². The van der Waals surface area contributed by atoms with Gasteiger partial charge >= 0.3 is 0 Å². The molecular weight excluding hydrogens is 202 g/mol. The highest BCUT2D eigenvalue weighted by Gasteiger charge is 2.37. The molecule has 1 fully saturated rings. The number of benzene rings is 1. The Labute approximate surface area is 86.2 Å². The molecule has 0 aliphatic carbocycles. The van der Waals surface area contributed by atoms with Crippen LogP contribution >= 0.6 is 0 Å². The Balaban J connectivity index is 2.46. The van der Waals surface area contributed by atoms with Gasteiger partial charge in [0.05, 0.1) is 12.6 Å². The van der Waals surface area contributed by atoms with Crippen LogP contribution in [0.15, 0.2) is 12.1 Å². The van der Waals surface area contributed by atoms with Crippen LogP contribution in [0.5, 0.6) is 5.75 Å². The summed E-state index contributed by atoms with van der Waals surface area (Å²) in [5, 5.41) is 2.93. The highest BCUT2D eigenvalue weighted by atomic mass is 19.2. The third kappa shape index (κ3) is 1.48. The normalized spacial score (nSPS) is 18.4. The van der Waals surface area contributed by atoms with Crippen molar-refractivity contribution in [3.63, 3.8) is 0 Å². The molecule has 0 amide bonds. The maximum Gasteiger partial charge on any atom is 0.200 e. The molecule has 1 aromatic carbocycles. The number of hydrogen-bond donors (Lipinski definition) is 2. The van der Waals surface area contributed by atoms with Gasteiger partial charge in [0.2, 0.25) is 5.82 Å². The first kappa shape index (κ1) is 10.3. The fourth-order valence-electron chi connectivity index (χ4n) is 1.66. The molecule has 0 bridgehead atoms. The molecule has 1 aliphatic heterocycles. The van der Waals surface area contributed by atoms with E-state index in [1.807, 2.05) is 0 Å². The Morgan fingerprint density at radius 2 is 2.00 bits per heavy atom. The minimum Gasteiger partial charge on any atom is -0.494 e. The number of rotatable bonds is 2. The van der Waals surface area contributed by atoms with E-state index in [2.05, 4.69) is 10.1 Å². The highest BCUT2D eigenvalue weighted by Crippen LogP contribution is 2.30. The van der Waals surface area contributed by atoms with E-state index in [9.17, 15) is 8.78 Å². The number of halogens is 2. The monoisotopic (exact) mass is 214 g/mol. The van der Waals surface area contributed by atoms with Crippen molar-refractivity contribution >= 4 is 0 Å². The zero-order valence-electron chi connectivity index (χ0n) is 8.31. The zero-order valence-corrected chi connectivity index (χ0v) is 8.31. The summed E-state index contributed by atoms with van der Waals surface area (Å²) in [4.78, 5) is 0. The van der Waals surface area contributed by atoms with Gasteiger partial charge in [-0.1, -0.05) is 6.07 Å². The summed E-state index contributed by atoms with van der Waals surface area (Å²) in [5.41, 5.74) is 5.27. The van der Waals surface area contributed by atoms with Gasteiger partial charge in [0.1, 0.15) is 0 Å². The molecule has 82 valence electrons. The maximum atomic E-state index is 13.6. The molecule has 3 nitrogen and oxygen atoms in total. The molecule has 3 N–H and O–H groups in total. The fraction of sp³-hybridized carbons (Fsp3) is 0.400. The second-order valence-corrected chi connectivity index (χ2v) is 3.70. The first-order chi connectivity index (χ1) is 7.08. The number of nitrogens with one attached hydrogen (secondary N) is 1. The van der Waals surface area contributed by atoms with Gasteiger partial charge in [-0.05, 0) is 6.07 Å². The molecule has 0 radical (unpaired) electrons. The standard InChI is InChI=1S/C10H12F2N2O/c1-15-7-3-2-6(8(11)9(7)12)10(13)4-14-5-10/h2-3,14H,4-5,13H2,1H3. The van der Waals surface area contributed by atoms with E-state index in [4.69, 9.17) is 5.73 Å². The molecule has 1 aliphatic rings. The minimum absolute atomic E-state index is 0.105. The summed E-state index contributed by atoms with van der Waals surface area (Å²) in [5.74, 6) is -2.00. The lowest BCUT2D eigenvalue weighted by Gasteiger charge is -2.39. The van der Waals surface area contributed by atoms with Gasteiger partial charge in [-0.3, -0.25) is 0 Å². The van der Waals surface area contributed by atoms with Crippen molar-refractivity contribution in [2.45, 2.75) is 5.54 Å². The summed E-state index contributed by atoms with van der Waals surface area (Å²) in [6, 6.07) is 2.86. The van der Waals surface area contributed by atoms with Crippen LogP contribution in [0.25, 0.3) is 0 Å². The van der Waals surface area contributed by atoms with E-state index >= 15 is 0 Å². The van der Waals surface area contributed by atoms with Gasteiger partial charge in [0.15, 0.2) is 11.6 Å². The maximum absolute atomic E-state index is 13.6. The molecule has 0 saturated carbocycles. The zero-order chi connectivity index (χ0) is 11.1. The number of methoxy groups -OCH3 is 1. The topological polar surface area (TPSA) is 47.3 Å². The Hall–Kier alpha value is -1.20. The summed E-state index contributed by atoms with van der Waals surface area (Å²) < 4.78 is 31.7. The van der Waals surface area contributed by atoms with Crippen molar-refractivity contribution in [3.8, 4) is 5.75 Å². The van der Waals surface area contributed by atoms with Crippen molar-refractivity contribution in [1.82, 2.24) is 5.32 Å². The predicted molar refractivity (Wildman–Crippen MR) is 51.6 cm³/mol. The van der Waals surface area contributed by atoms with Gasteiger partial charge in [0.25, 0.3) is 0 Å². The van der Waals surface area contributed by atoms with Crippen molar-refractivity contribution in [1.29, 1.82) is 0 Å². The first-order valence-corrected chi connectivity index (χ1v) is 4.60. The third-order valence-corrected chi connectivity index (χ3v) is 2.68. The average Bonchev–Trinajstić information content (AvgIpc) is 2.19. The Bertz CT molecular complexity index is 391. The van der Waals surface area contributed by atoms with Crippen LogP contribution in [0.4, 0.5) is 8.78 Å². The SMILES string of the molecule is COc1ccc(C2(N)CNC2)c(F)c1F. The van der Waals surface area contributed by atoms with Crippen molar-refractivity contribution in [2.75, 3.05) is 20.2 Å². The van der Waals surface area contributed by atoms with Crippen LogP contribution in [0.1, 0.15) is 5.56 Å². The van der Waals surface area contributed by atoms with Crippen LogP contribution in [0, 0.1) is 11.6 Å². The van der Waals surface area contributed by atoms with Crippen molar-refractivity contribution < 1.29 is 13.5 Å². The second-order valence-electron chi connectivity index (χ2n) is 3.70. The quantitative estimate of drug-likeness (QED) is 0.763. The van der Waals surface area contributed by atoms with Crippen LogP contribution in [0.2, 0.25) is 0 Å². The Kier molecular flexibility index (Phi) is 2.36. The minimum atomic E-state index is -0.980. The molecule has 1 heterocycles. The van der Waals surface area contributed by atoms with E-state index in [1.54, 1.807) is 0 Å². The molecular formula is C10H12F2N2O. The molecule has 0 unspecified atom stereocenters. The molecule has 2 rings (SSSR count). The molecule has 0 atom stereocenters. The molecule has 1 aromatic rings. The molecule has 5 heteroatoms. The molecule has 1 saturated heterocycles. The van der Waals surface area contributed by atoms with Gasteiger partial charge in [-0.15, -0.1) is 0 Å². The Morgan fingerprint density at radius 3 is 2.47 bits per heavy atom. The summed E-state index contributed by atoms with van der Waals surface area (Å²) in [6.07, 6.45) is 0. The van der Waals surface area contributed by atoms with E-state index in [1.165, 1.54) is 19.2 Å². The van der Waals surface area contributed by atoms with E-state index in [0.717, 1.165) is 0 Å². The second kappa shape index (κ2) is 3.43. The lowest BCUT2D eigenvalue weighted by atomic mass is 9.85. The Morgan fingerprint density at radius 1 is 1.33 bits per heavy atom. The summed E-state index contributed by atoms with van der Waals surface area (Å²) >= 11 is 0. The van der Waals surface area contributed by atoms with Gasteiger partial charge in [-0.25, -0.2) is 4.39 Å². The molecule has 15 heavy (non-hydrogen) atoms. The molecule has 0 spiro atoms. The summed E-state index contributed by atoms with van der Waals surface area (Å²) in [6.45, 7) is 0.908. The van der Waals surface area contributed by atoms with Gasteiger partial charge in [0, 0.05) is 18.7 Å². The lowest BCUT2D eigenvalue weighted by Crippen LogP contribution is -2.63. The smallest absolute Gasteiger partial charge is 0.200 e. The van der Waals surface area contributed by atoms with Crippen LogP contribution in [-0.2, 0) is 5.54 Å². The van der Waals surface area contributed by atoms with E-state index in [0.29, 0.717) is 13.1 Å². The predicted octanol–water partition coefficient (Wildman–Crippen LogP) is 0.731.